The number of carbonyl (C=O) groups is 1. The van der Waals surface area contributed by atoms with Crippen LogP contribution in [0.5, 0.6) is 0 Å². The highest BCUT2D eigenvalue weighted by Crippen LogP contribution is 2.28. The molecule has 0 saturated carbocycles. The molecule has 1 saturated heterocycles. The van der Waals surface area contributed by atoms with E-state index in [1.54, 1.807) is 0 Å². The van der Waals surface area contributed by atoms with Crippen molar-refractivity contribution in [2.24, 2.45) is 0 Å². The largest absolute Gasteiger partial charge is 0.444 e. The number of aromatic nitrogens is 2. The predicted octanol–water partition coefficient (Wildman–Crippen LogP) is 6.45. The molecule has 3 heterocycles. The van der Waals surface area contributed by atoms with E-state index in [1.165, 1.54) is 23.1 Å². The molecule has 38 heavy (non-hydrogen) atoms. The molecule has 5 rings (SSSR count). The molecule has 198 valence electrons. The average Bonchev–Trinajstić information content (AvgIpc) is 3.28. The van der Waals surface area contributed by atoms with Gasteiger partial charge in [-0.05, 0) is 59.4 Å². The maximum atomic E-state index is 13.5. The van der Waals surface area contributed by atoms with E-state index >= 15 is 0 Å². The topological polar surface area (TPSA) is 58.9 Å². The van der Waals surface area contributed by atoms with E-state index in [1.807, 2.05) is 36.2 Å². The average molecular weight is 537 g/mol. The van der Waals surface area contributed by atoms with E-state index in [9.17, 15) is 13.6 Å². The summed E-state index contributed by atoms with van der Waals surface area (Å²) in [6.45, 7) is 6.99. The van der Waals surface area contributed by atoms with Crippen molar-refractivity contribution in [3.63, 3.8) is 0 Å². The number of carbonyl (C=O) groups excluding carboxylic acids is 1. The molecule has 6 nitrogen and oxygen atoms in total. The summed E-state index contributed by atoms with van der Waals surface area (Å²) < 4.78 is 33.8. The molecule has 1 fully saturated rings. The van der Waals surface area contributed by atoms with Crippen LogP contribution >= 0.6 is 11.8 Å². The van der Waals surface area contributed by atoms with Gasteiger partial charge in [-0.2, -0.15) is 11.8 Å². The lowest BCUT2D eigenvalue weighted by molar-refractivity contribution is 0.155. The highest BCUT2D eigenvalue weighted by molar-refractivity contribution is 7.99. The highest BCUT2D eigenvalue weighted by atomic mass is 32.2. The Kier molecular flexibility index (Phi) is 7.95. The van der Waals surface area contributed by atoms with Crippen molar-refractivity contribution in [1.82, 2.24) is 14.3 Å². The zero-order valence-electron chi connectivity index (χ0n) is 21.5. The van der Waals surface area contributed by atoms with Crippen molar-refractivity contribution >= 4 is 29.3 Å². The number of aryl methyl sites for hydroxylation is 2. The number of hydrogen-bond acceptors (Lipinski definition) is 5. The number of halogens is 2. The molecule has 0 radical (unpaired) electrons. The van der Waals surface area contributed by atoms with E-state index in [2.05, 4.69) is 40.5 Å². The van der Waals surface area contributed by atoms with Gasteiger partial charge in [-0.15, -0.1) is 0 Å². The second-order valence-corrected chi connectivity index (χ2v) is 10.6. The predicted molar refractivity (Wildman–Crippen MR) is 148 cm³/mol. The Balaban J connectivity index is 1.35. The Morgan fingerprint density at radius 3 is 2.47 bits per heavy atom. The standard InChI is InChI=1S/C29H30F2N4O2S/c1-3-26-28(33-29(36)37-18-21-6-9-24(30)25(31)15-21)35-17-23(14-19(2)27(35)32-26)22-7-4-20(5-8-22)16-34-10-12-38-13-11-34/h4-9,14-15,17H,3,10-13,16,18H2,1-2H3,(H,33,36). The smallest absolute Gasteiger partial charge is 0.413 e. The molecule has 0 atom stereocenters. The zero-order valence-corrected chi connectivity index (χ0v) is 22.3. The fourth-order valence-electron chi connectivity index (χ4n) is 4.63. The van der Waals surface area contributed by atoms with Crippen LogP contribution in [-0.4, -0.2) is 45.0 Å². The van der Waals surface area contributed by atoms with Crippen molar-refractivity contribution in [3.05, 3.63) is 88.7 Å². The number of pyridine rings is 1. The summed E-state index contributed by atoms with van der Waals surface area (Å²) in [6, 6.07) is 14.1. The molecule has 9 heteroatoms. The number of hydrogen-bond donors (Lipinski definition) is 1. The third kappa shape index (κ3) is 5.84. The van der Waals surface area contributed by atoms with Gasteiger partial charge in [-0.3, -0.25) is 14.6 Å². The van der Waals surface area contributed by atoms with Crippen LogP contribution in [-0.2, 0) is 24.3 Å². The van der Waals surface area contributed by atoms with Gasteiger partial charge in [-0.25, -0.2) is 18.6 Å². The maximum Gasteiger partial charge on any atom is 0.413 e. The number of benzene rings is 2. The van der Waals surface area contributed by atoms with Crippen LogP contribution in [0.4, 0.5) is 19.4 Å². The Labute approximate surface area is 225 Å². The second kappa shape index (κ2) is 11.5. The first kappa shape index (κ1) is 26.2. The van der Waals surface area contributed by atoms with E-state index < -0.39 is 17.7 Å². The van der Waals surface area contributed by atoms with Gasteiger partial charge >= 0.3 is 6.09 Å². The molecule has 0 aliphatic carbocycles. The van der Waals surface area contributed by atoms with Gasteiger partial charge in [0.25, 0.3) is 0 Å². The minimum absolute atomic E-state index is 0.186. The summed E-state index contributed by atoms with van der Waals surface area (Å²) in [5, 5.41) is 2.81. The molecule has 0 bridgehead atoms. The van der Waals surface area contributed by atoms with Crippen LogP contribution in [0, 0.1) is 18.6 Å². The van der Waals surface area contributed by atoms with E-state index in [0.717, 1.165) is 59.8 Å². The maximum absolute atomic E-state index is 13.5. The van der Waals surface area contributed by atoms with Crippen molar-refractivity contribution in [3.8, 4) is 11.1 Å². The summed E-state index contributed by atoms with van der Waals surface area (Å²) in [5.41, 5.74) is 6.19. The molecule has 1 aliphatic rings. The van der Waals surface area contributed by atoms with Crippen LogP contribution in [0.25, 0.3) is 16.8 Å². The molecule has 0 spiro atoms. The Hall–Kier alpha value is -3.43. The molecular formula is C29H30F2N4O2S. The number of ether oxygens (including phenoxy) is 1. The van der Waals surface area contributed by atoms with Gasteiger partial charge < -0.3 is 4.74 Å². The summed E-state index contributed by atoms with van der Waals surface area (Å²) in [7, 11) is 0. The first-order chi connectivity index (χ1) is 18.4. The third-order valence-corrected chi connectivity index (χ3v) is 7.63. The monoisotopic (exact) mass is 536 g/mol. The molecule has 0 unspecified atom stereocenters. The van der Waals surface area contributed by atoms with Gasteiger partial charge in [0.15, 0.2) is 11.6 Å². The van der Waals surface area contributed by atoms with Crippen molar-refractivity contribution < 1.29 is 18.3 Å². The zero-order chi connectivity index (χ0) is 26.6. The number of thioether (sulfide) groups is 1. The minimum atomic E-state index is -0.983. The number of anilines is 1. The van der Waals surface area contributed by atoms with Crippen LogP contribution in [0.3, 0.4) is 0 Å². The normalized spacial score (nSPS) is 14.1. The van der Waals surface area contributed by atoms with Crippen LogP contribution in [0.1, 0.15) is 29.3 Å². The summed E-state index contributed by atoms with van der Waals surface area (Å²) in [6.07, 6.45) is 1.88. The lowest BCUT2D eigenvalue weighted by Crippen LogP contribution is -2.31. The van der Waals surface area contributed by atoms with Crippen molar-refractivity contribution in [1.29, 1.82) is 0 Å². The first-order valence-corrected chi connectivity index (χ1v) is 13.9. The number of fused-ring (bicyclic) bond motifs is 1. The first-order valence-electron chi connectivity index (χ1n) is 12.7. The number of imidazole rings is 1. The lowest BCUT2D eigenvalue weighted by Gasteiger charge is -2.26. The van der Waals surface area contributed by atoms with Gasteiger partial charge in [0, 0.05) is 37.3 Å². The fourth-order valence-corrected chi connectivity index (χ4v) is 5.60. The van der Waals surface area contributed by atoms with Crippen LogP contribution < -0.4 is 5.32 Å². The summed E-state index contributed by atoms with van der Waals surface area (Å²) in [5.74, 6) is 0.983. The Bertz CT molecular complexity index is 1450. The Morgan fingerprint density at radius 1 is 1.03 bits per heavy atom. The minimum Gasteiger partial charge on any atom is -0.444 e. The van der Waals surface area contributed by atoms with E-state index in [4.69, 9.17) is 9.72 Å². The summed E-state index contributed by atoms with van der Waals surface area (Å²) >= 11 is 2.01. The summed E-state index contributed by atoms with van der Waals surface area (Å²) in [4.78, 5) is 19.9. The molecule has 1 aliphatic heterocycles. The fraction of sp³-hybridized carbons (Fsp3) is 0.310. The molecule has 4 aromatic rings. The van der Waals surface area contributed by atoms with E-state index in [0.29, 0.717) is 17.8 Å². The second-order valence-electron chi connectivity index (χ2n) is 9.40. The van der Waals surface area contributed by atoms with Crippen molar-refractivity contribution in [2.45, 2.75) is 33.4 Å². The molecule has 2 aromatic carbocycles. The Morgan fingerprint density at radius 2 is 1.76 bits per heavy atom. The van der Waals surface area contributed by atoms with Gasteiger partial charge in [0.1, 0.15) is 18.1 Å². The van der Waals surface area contributed by atoms with Crippen molar-refractivity contribution in [2.75, 3.05) is 29.9 Å². The number of nitrogens with zero attached hydrogens (tertiary/aromatic N) is 3. The van der Waals surface area contributed by atoms with E-state index in [-0.39, 0.29) is 6.61 Å². The van der Waals surface area contributed by atoms with Crippen LogP contribution in [0.15, 0.2) is 54.7 Å². The number of rotatable bonds is 7. The lowest BCUT2D eigenvalue weighted by atomic mass is 10.0. The SMILES string of the molecule is CCc1nc2c(C)cc(-c3ccc(CN4CCSCC4)cc3)cn2c1NC(=O)OCc1ccc(F)c(F)c1. The molecule has 1 amide bonds. The quantitative estimate of drug-likeness (QED) is 0.294. The highest BCUT2D eigenvalue weighted by Gasteiger charge is 2.18. The molecular weight excluding hydrogens is 506 g/mol. The van der Waals surface area contributed by atoms with Gasteiger partial charge in [0.2, 0.25) is 0 Å². The molecule has 1 N–H and O–H groups in total. The van der Waals surface area contributed by atoms with Crippen LogP contribution in [0.2, 0.25) is 0 Å². The number of nitrogens with one attached hydrogen (secondary N) is 1. The van der Waals surface area contributed by atoms with Gasteiger partial charge in [0.05, 0.1) is 5.69 Å². The number of amides is 1. The van der Waals surface area contributed by atoms with Gasteiger partial charge in [-0.1, -0.05) is 37.3 Å². The molecule has 2 aromatic heterocycles. The third-order valence-electron chi connectivity index (χ3n) is 6.68.